The number of aromatic nitrogens is 1. The van der Waals surface area contributed by atoms with E-state index < -0.39 is 0 Å². The number of pyridine rings is 1. The Bertz CT molecular complexity index is 874. The van der Waals surface area contributed by atoms with Crippen LogP contribution >= 0.6 is 23.2 Å². The third kappa shape index (κ3) is 4.74. The molecule has 1 aliphatic carbocycles. The topological polar surface area (TPSA) is 51.1 Å². The van der Waals surface area contributed by atoms with Crippen molar-refractivity contribution >= 4 is 34.8 Å². The molecule has 3 rings (SSSR count). The van der Waals surface area contributed by atoms with Gasteiger partial charge in [-0.1, -0.05) is 41.4 Å². The Kier molecular flexibility index (Phi) is 5.61. The number of anilines is 1. The minimum atomic E-state index is -0.150. The summed E-state index contributed by atoms with van der Waals surface area (Å²) in [4.78, 5) is 24.2. The molecule has 6 heteroatoms. The predicted octanol–water partition coefficient (Wildman–Crippen LogP) is 4.50. The van der Waals surface area contributed by atoms with E-state index in [-0.39, 0.29) is 11.5 Å². The fraction of sp³-hybridized carbons (Fsp3) is 0.263. The highest BCUT2D eigenvalue weighted by Crippen LogP contribution is 2.23. The summed E-state index contributed by atoms with van der Waals surface area (Å²) in [6.45, 7) is 0.352. The van der Waals surface area contributed by atoms with Gasteiger partial charge in [-0.15, -0.1) is 0 Å². The lowest BCUT2D eigenvalue weighted by Gasteiger charge is -2.11. The van der Waals surface area contributed by atoms with Crippen LogP contribution in [0.1, 0.15) is 24.8 Å². The average Bonchev–Trinajstić information content (AvgIpc) is 3.07. The van der Waals surface area contributed by atoms with E-state index in [2.05, 4.69) is 17.5 Å². The zero-order chi connectivity index (χ0) is 17.8. The van der Waals surface area contributed by atoms with Crippen molar-refractivity contribution in [1.82, 2.24) is 4.57 Å². The molecule has 0 unspecified atom stereocenters. The smallest absolute Gasteiger partial charge is 0.250 e. The fourth-order valence-electron chi connectivity index (χ4n) is 2.88. The Balaban J connectivity index is 1.71. The molecular weight excluding hydrogens is 359 g/mol. The molecule has 1 N–H and O–H groups in total. The first-order valence-electron chi connectivity index (χ1n) is 8.12. The van der Waals surface area contributed by atoms with Gasteiger partial charge in [-0.2, -0.15) is 0 Å². The van der Waals surface area contributed by atoms with Crippen LogP contribution in [0.4, 0.5) is 5.69 Å². The van der Waals surface area contributed by atoms with Gasteiger partial charge in [0.2, 0.25) is 5.91 Å². The number of amides is 1. The molecule has 0 radical (unpaired) electrons. The first kappa shape index (κ1) is 17.8. The molecule has 1 atom stereocenters. The normalized spacial score (nSPS) is 16.2. The van der Waals surface area contributed by atoms with Crippen LogP contribution in [-0.4, -0.2) is 10.5 Å². The molecule has 0 fully saturated rings. The molecule has 1 amide bonds. The van der Waals surface area contributed by atoms with Gasteiger partial charge in [0.1, 0.15) is 0 Å². The van der Waals surface area contributed by atoms with Crippen molar-refractivity contribution < 1.29 is 4.79 Å². The van der Waals surface area contributed by atoms with Crippen LogP contribution in [0.25, 0.3) is 0 Å². The number of benzene rings is 1. The Morgan fingerprint density at radius 1 is 1.20 bits per heavy atom. The Labute approximate surface area is 156 Å². The summed E-state index contributed by atoms with van der Waals surface area (Å²) < 4.78 is 1.53. The summed E-state index contributed by atoms with van der Waals surface area (Å²) in [7, 11) is 0. The Morgan fingerprint density at radius 3 is 2.76 bits per heavy atom. The van der Waals surface area contributed by atoms with Gasteiger partial charge in [0.25, 0.3) is 5.56 Å². The number of nitrogens with zero attached hydrogens (tertiary/aromatic N) is 1. The van der Waals surface area contributed by atoms with Gasteiger partial charge in [0.15, 0.2) is 0 Å². The van der Waals surface area contributed by atoms with Gasteiger partial charge < -0.3 is 9.88 Å². The first-order chi connectivity index (χ1) is 12.0. The molecule has 0 spiro atoms. The summed E-state index contributed by atoms with van der Waals surface area (Å²) >= 11 is 11.9. The number of hydrogen-bond acceptors (Lipinski definition) is 2. The molecule has 0 saturated carbocycles. The summed E-state index contributed by atoms with van der Waals surface area (Å²) in [5.74, 6) is 0.262. The predicted molar refractivity (Wildman–Crippen MR) is 101 cm³/mol. The van der Waals surface area contributed by atoms with Crippen molar-refractivity contribution in [2.75, 3.05) is 5.32 Å². The minimum Gasteiger partial charge on any atom is -0.325 e. The standard InChI is InChI=1S/C19H18Cl2N2O2/c20-16-7-5-14(9-17(16)21)11-23-12-15(6-8-19(23)25)22-18(24)10-13-3-1-2-4-13/h1,3,5-9,12-13H,2,4,10-11H2,(H,22,24)/t13-/m1/s1. The second-order valence-corrected chi connectivity index (χ2v) is 6.96. The lowest BCUT2D eigenvalue weighted by Crippen LogP contribution is -2.21. The molecule has 0 bridgehead atoms. The number of hydrogen-bond donors (Lipinski definition) is 1. The van der Waals surface area contributed by atoms with Crippen LogP contribution in [0.15, 0.2) is 53.5 Å². The summed E-state index contributed by atoms with van der Waals surface area (Å²) in [5, 5.41) is 3.78. The number of allylic oxidation sites excluding steroid dienone is 2. The number of rotatable bonds is 5. The number of carbonyl (C=O) groups excluding carboxylic acids is 1. The van der Waals surface area contributed by atoms with E-state index in [1.807, 2.05) is 6.07 Å². The van der Waals surface area contributed by atoms with Crippen molar-refractivity contribution in [1.29, 1.82) is 0 Å². The molecule has 1 heterocycles. The molecule has 4 nitrogen and oxygen atoms in total. The van der Waals surface area contributed by atoms with E-state index in [0.717, 1.165) is 18.4 Å². The minimum absolute atomic E-state index is 0.0451. The maximum atomic E-state index is 12.1. The SMILES string of the molecule is O=C(C[C@@H]1C=CCC1)Nc1ccc(=O)n(Cc2ccc(Cl)c(Cl)c2)c1. The van der Waals surface area contributed by atoms with E-state index in [9.17, 15) is 9.59 Å². The monoisotopic (exact) mass is 376 g/mol. The first-order valence-corrected chi connectivity index (χ1v) is 8.88. The zero-order valence-electron chi connectivity index (χ0n) is 13.5. The number of halogens is 2. The summed E-state index contributed by atoms with van der Waals surface area (Å²) in [5.41, 5.74) is 1.31. The van der Waals surface area contributed by atoms with Crippen LogP contribution in [0.2, 0.25) is 10.0 Å². The van der Waals surface area contributed by atoms with Crippen molar-refractivity contribution in [2.45, 2.75) is 25.8 Å². The zero-order valence-corrected chi connectivity index (χ0v) is 15.1. The maximum absolute atomic E-state index is 12.1. The van der Waals surface area contributed by atoms with E-state index in [1.165, 1.54) is 10.6 Å². The van der Waals surface area contributed by atoms with Gasteiger partial charge >= 0.3 is 0 Å². The fourth-order valence-corrected chi connectivity index (χ4v) is 3.20. The van der Waals surface area contributed by atoms with Gasteiger partial charge in [-0.05, 0) is 42.5 Å². The third-order valence-electron chi connectivity index (χ3n) is 4.16. The average molecular weight is 377 g/mol. The van der Waals surface area contributed by atoms with Crippen LogP contribution < -0.4 is 10.9 Å². The molecular formula is C19H18Cl2N2O2. The highest BCUT2D eigenvalue weighted by Gasteiger charge is 2.14. The van der Waals surface area contributed by atoms with E-state index in [1.54, 1.807) is 24.4 Å². The lowest BCUT2D eigenvalue weighted by molar-refractivity contribution is -0.116. The second kappa shape index (κ2) is 7.89. The second-order valence-electron chi connectivity index (χ2n) is 6.15. The maximum Gasteiger partial charge on any atom is 0.250 e. The van der Waals surface area contributed by atoms with E-state index in [0.29, 0.717) is 34.6 Å². The molecule has 0 saturated heterocycles. The van der Waals surface area contributed by atoms with E-state index >= 15 is 0 Å². The molecule has 0 aliphatic heterocycles. The molecule has 1 aliphatic rings. The van der Waals surface area contributed by atoms with Gasteiger partial charge in [-0.25, -0.2) is 0 Å². The lowest BCUT2D eigenvalue weighted by atomic mass is 10.1. The van der Waals surface area contributed by atoms with Crippen LogP contribution in [0, 0.1) is 5.92 Å². The van der Waals surface area contributed by atoms with Crippen molar-refractivity contribution in [3.63, 3.8) is 0 Å². The van der Waals surface area contributed by atoms with Crippen molar-refractivity contribution in [3.8, 4) is 0 Å². The largest absolute Gasteiger partial charge is 0.325 e. The van der Waals surface area contributed by atoms with Gasteiger partial charge in [0.05, 0.1) is 22.3 Å². The van der Waals surface area contributed by atoms with Crippen LogP contribution in [0.5, 0.6) is 0 Å². The van der Waals surface area contributed by atoms with Crippen molar-refractivity contribution in [2.24, 2.45) is 5.92 Å². The molecule has 130 valence electrons. The van der Waals surface area contributed by atoms with Crippen LogP contribution in [0.3, 0.4) is 0 Å². The molecule has 1 aromatic carbocycles. The highest BCUT2D eigenvalue weighted by atomic mass is 35.5. The quantitative estimate of drug-likeness (QED) is 0.781. The highest BCUT2D eigenvalue weighted by molar-refractivity contribution is 6.42. The van der Waals surface area contributed by atoms with Gasteiger partial charge in [-0.3, -0.25) is 9.59 Å². The van der Waals surface area contributed by atoms with E-state index in [4.69, 9.17) is 23.2 Å². The number of nitrogens with one attached hydrogen (secondary N) is 1. The van der Waals surface area contributed by atoms with Crippen molar-refractivity contribution in [3.05, 3.63) is 74.6 Å². The molecule has 1 aromatic heterocycles. The third-order valence-corrected chi connectivity index (χ3v) is 4.90. The molecule has 25 heavy (non-hydrogen) atoms. The van der Waals surface area contributed by atoms with Crippen LogP contribution in [-0.2, 0) is 11.3 Å². The summed E-state index contributed by atoms with van der Waals surface area (Å²) in [6.07, 6.45) is 8.35. The van der Waals surface area contributed by atoms with Gasteiger partial charge in [0, 0.05) is 18.7 Å². The number of carbonyl (C=O) groups is 1. The molecule has 2 aromatic rings. The summed E-state index contributed by atoms with van der Waals surface area (Å²) in [6, 6.07) is 8.32. The Morgan fingerprint density at radius 2 is 2.04 bits per heavy atom. The Hall–Kier alpha value is -2.04.